The number of pyridine rings is 1. The highest BCUT2D eigenvalue weighted by molar-refractivity contribution is 5.77. The molecule has 0 aromatic carbocycles. The van der Waals surface area contributed by atoms with Crippen molar-refractivity contribution in [2.75, 3.05) is 0 Å². The molecule has 0 radical (unpaired) electrons. The smallest absolute Gasteiger partial charge is 0.220 e. The predicted octanol–water partition coefficient (Wildman–Crippen LogP) is 3.70. The lowest BCUT2D eigenvalue weighted by atomic mass is 9.49. The molecule has 4 saturated carbocycles. The normalized spacial score (nSPS) is 31.2. The molecule has 4 fully saturated rings. The first-order valence-electron chi connectivity index (χ1n) is 10.3. The van der Waals surface area contributed by atoms with E-state index in [1.165, 1.54) is 38.5 Å². The Kier molecular flexibility index (Phi) is 4.06. The molecule has 27 heavy (non-hydrogen) atoms. The van der Waals surface area contributed by atoms with Gasteiger partial charge in [0, 0.05) is 38.0 Å². The first-order valence-corrected chi connectivity index (χ1v) is 10.3. The summed E-state index contributed by atoms with van der Waals surface area (Å²) in [4.78, 5) is 17.3. The number of carbonyl (C=O) groups is 1. The molecule has 1 amide bonds. The van der Waals surface area contributed by atoms with Gasteiger partial charge in [0.2, 0.25) is 5.91 Å². The molecule has 0 atom stereocenters. The number of aromatic nitrogens is 3. The maximum Gasteiger partial charge on any atom is 0.220 e. The Labute approximate surface area is 160 Å². The number of hydrogen-bond acceptors (Lipinski definition) is 3. The Morgan fingerprint density at radius 2 is 1.93 bits per heavy atom. The van der Waals surface area contributed by atoms with E-state index < -0.39 is 0 Å². The van der Waals surface area contributed by atoms with Gasteiger partial charge in [-0.2, -0.15) is 5.10 Å². The van der Waals surface area contributed by atoms with E-state index in [2.05, 4.69) is 15.4 Å². The first-order chi connectivity index (χ1) is 13.1. The Morgan fingerprint density at radius 1 is 1.22 bits per heavy atom. The Bertz CT molecular complexity index is 820. The zero-order valence-electron chi connectivity index (χ0n) is 16.0. The number of amides is 1. The molecular formula is C22H28N4O. The van der Waals surface area contributed by atoms with Crippen LogP contribution in [-0.4, -0.2) is 20.7 Å². The molecule has 0 saturated heterocycles. The minimum absolute atomic E-state index is 0.206. The standard InChI is InChI=1S/C22H28N4O/c1-26-14-19(13-25-26)21-18(3-2-4-23-21)12-24-20(27)11-22-8-15-5-16(9-22)7-17(6-15)10-22/h2-4,13-17H,5-12H2,1H3,(H,24,27). The lowest BCUT2D eigenvalue weighted by molar-refractivity contribution is -0.129. The van der Waals surface area contributed by atoms with Gasteiger partial charge in [-0.1, -0.05) is 6.07 Å². The van der Waals surface area contributed by atoms with E-state index in [-0.39, 0.29) is 5.91 Å². The zero-order valence-corrected chi connectivity index (χ0v) is 16.0. The van der Waals surface area contributed by atoms with Crippen molar-refractivity contribution in [3.05, 3.63) is 36.3 Å². The maximum atomic E-state index is 12.8. The van der Waals surface area contributed by atoms with E-state index in [9.17, 15) is 4.79 Å². The van der Waals surface area contributed by atoms with Crippen LogP contribution in [0.2, 0.25) is 0 Å². The number of hydrogen-bond donors (Lipinski definition) is 1. The van der Waals surface area contributed by atoms with Crippen molar-refractivity contribution in [2.45, 2.75) is 51.5 Å². The van der Waals surface area contributed by atoms with Crippen LogP contribution in [0.4, 0.5) is 0 Å². The number of nitrogens with zero attached hydrogens (tertiary/aromatic N) is 3. The third kappa shape index (κ3) is 3.28. The van der Waals surface area contributed by atoms with E-state index in [0.29, 0.717) is 18.4 Å². The summed E-state index contributed by atoms with van der Waals surface area (Å²) in [6.07, 6.45) is 14.4. The van der Waals surface area contributed by atoms with Gasteiger partial charge in [0.1, 0.15) is 0 Å². The zero-order chi connectivity index (χ0) is 18.4. The van der Waals surface area contributed by atoms with Crippen molar-refractivity contribution in [1.82, 2.24) is 20.1 Å². The van der Waals surface area contributed by atoms with Crippen molar-refractivity contribution >= 4 is 5.91 Å². The van der Waals surface area contributed by atoms with E-state index in [1.54, 1.807) is 10.9 Å². The molecule has 2 heterocycles. The number of nitrogens with one attached hydrogen (secondary N) is 1. The predicted molar refractivity (Wildman–Crippen MR) is 104 cm³/mol. The van der Waals surface area contributed by atoms with Crippen molar-refractivity contribution < 1.29 is 4.79 Å². The molecule has 0 spiro atoms. The van der Waals surface area contributed by atoms with Gasteiger partial charge < -0.3 is 5.32 Å². The molecule has 2 aromatic heterocycles. The van der Waals surface area contributed by atoms with Crippen LogP contribution in [0.25, 0.3) is 11.3 Å². The molecule has 1 N–H and O–H groups in total. The van der Waals surface area contributed by atoms with Crippen LogP contribution in [0, 0.1) is 23.2 Å². The highest BCUT2D eigenvalue weighted by atomic mass is 16.1. The number of rotatable bonds is 5. The third-order valence-electron chi connectivity index (χ3n) is 7.05. The van der Waals surface area contributed by atoms with Crippen LogP contribution < -0.4 is 5.32 Å². The summed E-state index contributed by atoms with van der Waals surface area (Å²) in [7, 11) is 1.90. The van der Waals surface area contributed by atoms with Gasteiger partial charge in [0.15, 0.2) is 0 Å². The van der Waals surface area contributed by atoms with Gasteiger partial charge in [-0.25, -0.2) is 0 Å². The molecule has 4 bridgehead atoms. The minimum Gasteiger partial charge on any atom is -0.352 e. The van der Waals surface area contributed by atoms with Crippen LogP contribution in [-0.2, 0) is 18.4 Å². The van der Waals surface area contributed by atoms with Gasteiger partial charge in [-0.3, -0.25) is 14.5 Å². The summed E-state index contributed by atoms with van der Waals surface area (Å²) in [5.41, 5.74) is 3.23. The fraction of sp³-hybridized carbons (Fsp3) is 0.591. The van der Waals surface area contributed by atoms with E-state index in [4.69, 9.17) is 0 Å². The Morgan fingerprint density at radius 3 is 2.56 bits per heavy atom. The van der Waals surface area contributed by atoms with E-state index in [1.807, 2.05) is 31.6 Å². The highest BCUT2D eigenvalue weighted by Crippen LogP contribution is 2.61. The molecule has 0 unspecified atom stereocenters. The maximum absolute atomic E-state index is 12.8. The minimum atomic E-state index is 0.206. The van der Waals surface area contributed by atoms with Gasteiger partial charge in [-0.05, 0) is 73.3 Å². The second-order valence-corrected chi connectivity index (χ2v) is 9.28. The number of carbonyl (C=O) groups excluding carboxylic acids is 1. The largest absolute Gasteiger partial charge is 0.352 e. The second-order valence-electron chi connectivity index (χ2n) is 9.28. The Hall–Kier alpha value is -2.17. The molecule has 0 aliphatic heterocycles. The second kappa shape index (κ2) is 6.47. The average Bonchev–Trinajstić information content (AvgIpc) is 3.05. The van der Waals surface area contributed by atoms with Gasteiger partial charge in [0.05, 0.1) is 11.9 Å². The summed E-state index contributed by atoms with van der Waals surface area (Å²) in [5.74, 6) is 2.87. The van der Waals surface area contributed by atoms with Crippen LogP contribution in [0.5, 0.6) is 0 Å². The van der Waals surface area contributed by atoms with Crippen LogP contribution >= 0.6 is 0 Å². The summed E-state index contributed by atoms with van der Waals surface area (Å²) < 4.78 is 1.78. The summed E-state index contributed by atoms with van der Waals surface area (Å²) >= 11 is 0. The molecule has 142 valence electrons. The third-order valence-corrected chi connectivity index (χ3v) is 7.05. The van der Waals surface area contributed by atoms with Crippen molar-refractivity contribution in [1.29, 1.82) is 0 Å². The lowest BCUT2D eigenvalue weighted by Gasteiger charge is -2.56. The van der Waals surface area contributed by atoms with Crippen molar-refractivity contribution in [3.8, 4) is 11.3 Å². The van der Waals surface area contributed by atoms with Gasteiger partial charge in [-0.15, -0.1) is 0 Å². The summed E-state index contributed by atoms with van der Waals surface area (Å²) in [6.45, 7) is 0.531. The molecule has 5 heteroatoms. The molecule has 2 aromatic rings. The fourth-order valence-electron chi connectivity index (χ4n) is 6.49. The Balaban J connectivity index is 1.25. The van der Waals surface area contributed by atoms with Gasteiger partial charge >= 0.3 is 0 Å². The lowest BCUT2D eigenvalue weighted by Crippen LogP contribution is -2.47. The summed E-state index contributed by atoms with van der Waals surface area (Å²) in [5, 5.41) is 7.43. The monoisotopic (exact) mass is 364 g/mol. The molecule has 6 rings (SSSR count). The van der Waals surface area contributed by atoms with Crippen LogP contribution in [0.3, 0.4) is 0 Å². The fourth-order valence-corrected chi connectivity index (χ4v) is 6.49. The number of aryl methyl sites for hydroxylation is 1. The first kappa shape index (κ1) is 17.0. The van der Waals surface area contributed by atoms with Gasteiger partial charge in [0.25, 0.3) is 0 Å². The summed E-state index contributed by atoms with van der Waals surface area (Å²) in [6, 6.07) is 3.97. The van der Waals surface area contributed by atoms with Crippen LogP contribution in [0.15, 0.2) is 30.7 Å². The molecule has 4 aliphatic carbocycles. The van der Waals surface area contributed by atoms with E-state index in [0.717, 1.165) is 34.6 Å². The molecule has 4 aliphatic rings. The quantitative estimate of drug-likeness (QED) is 0.880. The van der Waals surface area contributed by atoms with Crippen molar-refractivity contribution in [3.63, 3.8) is 0 Å². The molecule has 5 nitrogen and oxygen atoms in total. The topological polar surface area (TPSA) is 59.8 Å². The van der Waals surface area contributed by atoms with Crippen molar-refractivity contribution in [2.24, 2.45) is 30.2 Å². The SMILES string of the molecule is Cn1cc(-c2ncccc2CNC(=O)CC23CC4CC(CC(C4)C2)C3)cn1. The van der Waals surface area contributed by atoms with Crippen LogP contribution in [0.1, 0.15) is 50.5 Å². The molecular weight excluding hydrogens is 336 g/mol. The highest BCUT2D eigenvalue weighted by Gasteiger charge is 2.51. The average molecular weight is 364 g/mol. The van der Waals surface area contributed by atoms with E-state index >= 15 is 0 Å².